The number of carbonyl (C=O) groups is 3. The number of ether oxygens (including phenoxy) is 1. The first kappa shape index (κ1) is 22.5. The first-order valence-electron chi connectivity index (χ1n) is 10.3. The molecule has 8 heteroatoms. The van der Waals surface area contributed by atoms with Crippen LogP contribution in [-0.4, -0.2) is 62.0 Å². The Morgan fingerprint density at radius 1 is 0.871 bits per heavy atom. The minimum Gasteiger partial charge on any atom is -0.379 e. The molecule has 0 aromatic heterocycles. The van der Waals surface area contributed by atoms with E-state index in [2.05, 4.69) is 16.0 Å². The first-order chi connectivity index (χ1) is 14.9. The van der Waals surface area contributed by atoms with Crippen LogP contribution >= 0.6 is 0 Å². The van der Waals surface area contributed by atoms with Crippen LogP contribution in [0.15, 0.2) is 42.5 Å². The second-order valence-electron chi connectivity index (χ2n) is 7.62. The summed E-state index contributed by atoms with van der Waals surface area (Å²) in [7, 11) is 0. The molecular weight excluding hydrogens is 396 g/mol. The number of nitrogens with one attached hydrogen (secondary N) is 3. The van der Waals surface area contributed by atoms with Crippen LogP contribution in [0, 0.1) is 13.8 Å². The van der Waals surface area contributed by atoms with Gasteiger partial charge in [-0.15, -0.1) is 0 Å². The van der Waals surface area contributed by atoms with Crippen molar-refractivity contribution in [2.75, 3.05) is 50.0 Å². The molecule has 1 heterocycles. The zero-order chi connectivity index (χ0) is 22.2. The molecule has 3 rings (SSSR count). The van der Waals surface area contributed by atoms with Crippen LogP contribution in [0.25, 0.3) is 0 Å². The predicted octanol–water partition coefficient (Wildman–Crippen LogP) is 1.94. The van der Waals surface area contributed by atoms with E-state index >= 15 is 0 Å². The van der Waals surface area contributed by atoms with Gasteiger partial charge < -0.3 is 20.7 Å². The van der Waals surface area contributed by atoms with Crippen LogP contribution in [0.4, 0.5) is 11.4 Å². The molecule has 8 nitrogen and oxygen atoms in total. The highest BCUT2D eigenvalue weighted by molar-refractivity contribution is 5.99. The van der Waals surface area contributed by atoms with E-state index < -0.39 is 0 Å². The lowest BCUT2D eigenvalue weighted by atomic mass is 10.1. The topological polar surface area (TPSA) is 99.8 Å². The van der Waals surface area contributed by atoms with Gasteiger partial charge in [0.1, 0.15) is 0 Å². The molecule has 0 bridgehead atoms. The summed E-state index contributed by atoms with van der Waals surface area (Å²) in [4.78, 5) is 38.6. The Labute approximate surface area is 182 Å². The Bertz CT molecular complexity index is 917. The lowest BCUT2D eigenvalue weighted by Crippen LogP contribution is -2.41. The average Bonchev–Trinajstić information content (AvgIpc) is 2.73. The van der Waals surface area contributed by atoms with Crippen LogP contribution in [0.2, 0.25) is 0 Å². The summed E-state index contributed by atoms with van der Waals surface area (Å²) in [5.41, 5.74) is 3.75. The molecule has 1 saturated heterocycles. The molecular formula is C23H28N4O4. The van der Waals surface area contributed by atoms with E-state index in [1.807, 2.05) is 24.8 Å². The Morgan fingerprint density at radius 3 is 2.00 bits per heavy atom. The van der Waals surface area contributed by atoms with Crippen LogP contribution < -0.4 is 16.0 Å². The van der Waals surface area contributed by atoms with Gasteiger partial charge in [0.2, 0.25) is 11.8 Å². The third-order valence-corrected chi connectivity index (χ3v) is 4.82. The molecule has 1 aliphatic rings. The van der Waals surface area contributed by atoms with Gasteiger partial charge in [-0.2, -0.15) is 0 Å². The SMILES string of the molecule is Cc1cc(C)cc(C(=O)NCC(=O)Nc2ccc(NC(=O)CN3CCOCC3)cc2)c1. The number of carbonyl (C=O) groups excluding carboxylic acids is 3. The van der Waals surface area contributed by atoms with Crippen LogP contribution in [0.1, 0.15) is 21.5 Å². The van der Waals surface area contributed by atoms with Gasteiger partial charge in [0, 0.05) is 30.0 Å². The maximum atomic E-state index is 12.3. The van der Waals surface area contributed by atoms with Crippen molar-refractivity contribution in [3.8, 4) is 0 Å². The highest BCUT2D eigenvalue weighted by Gasteiger charge is 2.14. The maximum absolute atomic E-state index is 12.3. The highest BCUT2D eigenvalue weighted by atomic mass is 16.5. The monoisotopic (exact) mass is 424 g/mol. The number of hydrogen-bond donors (Lipinski definition) is 3. The molecule has 2 aromatic carbocycles. The van der Waals surface area contributed by atoms with Crippen molar-refractivity contribution in [3.05, 3.63) is 59.2 Å². The van der Waals surface area contributed by atoms with Crippen molar-refractivity contribution in [1.29, 1.82) is 0 Å². The third kappa shape index (κ3) is 7.20. The largest absolute Gasteiger partial charge is 0.379 e. The number of benzene rings is 2. The first-order valence-corrected chi connectivity index (χ1v) is 10.3. The summed E-state index contributed by atoms with van der Waals surface area (Å²) < 4.78 is 5.28. The third-order valence-electron chi connectivity index (χ3n) is 4.82. The van der Waals surface area contributed by atoms with E-state index in [1.165, 1.54) is 0 Å². The summed E-state index contributed by atoms with van der Waals surface area (Å²) in [6.45, 7) is 6.82. The van der Waals surface area contributed by atoms with E-state index in [-0.39, 0.29) is 24.3 Å². The van der Waals surface area contributed by atoms with Crippen LogP contribution in [0.5, 0.6) is 0 Å². The summed E-state index contributed by atoms with van der Waals surface area (Å²) in [6, 6.07) is 12.4. The number of anilines is 2. The molecule has 0 spiro atoms. The van der Waals surface area contributed by atoms with Gasteiger partial charge in [-0.05, 0) is 50.2 Å². The highest BCUT2D eigenvalue weighted by Crippen LogP contribution is 2.14. The van der Waals surface area contributed by atoms with Crippen LogP contribution in [0.3, 0.4) is 0 Å². The Morgan fingerprint density at radius 2 is 1.42 bits per heavy atom. The van der Waals surface area contributed by atoms with Gasteiger partial charge in [0.25, 0.3) is 5.91 Å². The lowest BCUT2D eigenvalue weighted by Gasteiger charge is -2.25. The maximum Gasteiger partial charge on any atom is 0.251 e. The molecule has 3 N–H and O–H groups in total. The summed E-state index contributed by atoms with van der Waals surface area (Å²) >= 11 is 0. The Balaban J connectivity index is 1.43. The molecule has 2 aromatic rings. The van der Waals surface area contributed by atoms with Crippen molar-refractivity contribution in [3.63, 3.8) is 0 Å². The molecule has 1 fully saturated rings. The van der Waals surface area contributed by atoms with Gasteiger partial charge >= 0.3 is 0 Å². The van der Waals surface area contributed by atoms with E-state index in [0.29, 0.717) is 36.7 Å². The number of nitrogens with zero attached hydrogens (tertiary/aromatic N) is 1. The van der Waals surface area contributed by atoms with E-state index in [0.717, 1.165) is 24.2 Å². The molecule has 0 atom stereocenters. The van der Waals surface area contributed by atoms with Gasteiger partial charge in [0.15, 0.2) is 0 Å². The summed E-state index contributed by atoms with van der Waals surface area (Å²) in [5.74, 6) is -0.713. The van der Waals surface area contributed by atoms with Gasteiger partial charge in [-0.1, -0.05) is 17.2 Å². The fraction of sp³-hybridized carbons (Fsp3) is 0.348. The number of hydrogen-bond acceptors (Lipinski definition) is 5. The predicted molar refractivity (Wildman–Crippen MR) is 119 cm³/mol. The normalized spacial score (nSPS) is 14.0. The quantitative estimate of drug-likeness (QED) is 0.631. The zero-order valence-corrected chi connectivity index (χ0v) is 17.9. The van der Waals surface area contributed by atoms with Gasteiger partial charge in [-0.25, -0.2) is 0 Å². The minimum absolute atomic E-state index is 0.0900. The molecule has 31 heavy (non-hydrogen) atoms. The van der Waals surface area contributed by atoms with Crippen LogP contribution in [-0.2, 0) is 14.3 Å². The number of amides is 3. The van der Waals surface area contributed by atoms with Crippen molar-refractivity contribution >= 4 is 29.1 Å². The van der Waals surface area contributed by atoms with Gasteiger partial charge in [-0.3, -0.25) is 19.3 Å². The lowest BCUT2D eigenvalue weighted by molar-refractivity contribution is -0.118. The molecule has 3 amide bonds. The summed E-state index contributed by atoms with van der Waals surface area (Å²) in [5, 5.41) is 8.20. The van der Waals surface area contributed by atoms with Crippen molar-refractivity contribution in [2.45, 2.75) is 13.8 Å². The second-order valence-corrected chi connectivity index (χ2v) is 7.62. The molecule has 164 valence electrons. The fourth-order valence-electron chi connectivity index (χ4n) is 3.37. The van der Waals surface area contributed by atoms with Crippen molar-refractivity contribution < 1.29 is 19.1 Å². The van der Waals surface area contributed by atoms with E-state index in [4.69, 9.17) is 4.74 Å². The molecule has 0 radical (unpaired) electrons. The fourth-order valence-corrected chi connectivity index (χ4v) is 3.37. The van der Waals surface area contributed by atoms with Crippen molar-refractivity contribution in [1.82, 2.24) is 10.2 Å². The standard InChI is InChI=1S/C23H28N4O4/c1-16-11-17(2)13-18(12-16)23(30)24-14-21(28)25-19-3-5-20(6-4-19)26-22(29)15-27-7-9-31-10-8-27/h3-6,11-13H,7-10,14-15H2,1-2H3,(H,24,30)(H,25,28)(H,26,29). The number of rotatable bonds is 7. The van der Waals surface area contributed by atoms with Crippen molar-refractivity contribution in [2.24, 2.45) is 0 Å². The van der Waals surface area contributed by atoms with E-state index in [1.54, 1.807) is 36.4 Å². The zero-order valence-electron chi connectivity index (χ0n) is 17.9. The molecule has 0 unspecified atom stereocenters. The number of aryl methyl sites for hydroxylation is 2. The Kier molecular flexibility index (Phi) is 7.75. The van der Waals surface area contributed by atoms with E-state index in [9.17, 15) is 14.4 Å². The average molecular weight is 425 g/mol. The molecule has 0 aliphatic carbocycles. The number of morpholine rings is 1. The second kappa shape index (κ2) is 10.7. The molecule has 0 saturated carbocycles. The van der Waals surface area contributed by atoms with Gasteiger partial charge in [0.05, 0.1) is 26.3 Å². The minimum atomic E-state index is -0.332. The Hall–Kier alpha value is -3.23. The summed E-state index contributed by atoms with van der Waals surface area (Å²) in [6.07, 6.45) is 0. The smallest absolute Gasteiger partial charge is 0.251 e. The molecule has 1 aliphatic heterocycles.